The molecule has 1 N–H and O–H groups in total. The monoisotopic (exact) mass is 421 g/mol. The highest BCUT2D eigenvalue weighted by Gasteiger charge is 2.38. The minimum Gasteiger partial charge on any atom is -0.475 e. The molecule has 1 aromatic heterocycles. The summed E-state index contributed by atoms with van der Waals surface area (Å²) in [5.41, 5.74) is 4.57. The Kier molecular flexibility index (Phi) is 7.49. The average molecular weight is 421 g/mol. The molecule has 2 aromatic rings. The van der Waals surface area contributed by atoms with Crippen molar-refractivity contribution in [2.45, 2.75) is 25.7 Å². The van der Waals surface area contributed by atoms with Crippen LogP contribution in [-0.2, 0) is 29.1 Å². The maximum atomic E-state index is 12.6. The van der Waals surface area contributed by atoms with Crippen molar-refractivity contribution < 1.29 is 32.6 Å². The van der Waals surface area contributed by atoms with E-state index < -0.39 is 12.1 Å². The quantitative estimate of drug-likeness (QED) is 0.817. The molecule has 0 spiro atoms. The lowest BCUT2D eigenvalue weighted by Gasteiger charge is -2.30. The van der Waals surface area contributed by atoms with Crippen LogP contribution in [-0.4, -0.2) is 46.7 Å². The first-order valence-electron chi connectivity index (χ1n) is 8.70. The van der Waals surface area contributed by atoms with Crippen LogP contribution in [0, 0.1) is 11.3 Å². The molecule has 3 rings (SSSR count). The van der Waals surface area contributed by atoms with Gasteiger partial charge in [0.25, 0.3) is 5.91 Å². The predicted molar refractivity (Wildman–Crippen MR) is 98.2 cm³/mol. The SMILES string of the molecule is COCc1cncc2c1CCN(C(=O)c1ccc(C#N)cc1)C2.O=C(O)C(F)(F)F. The van der Waals surface area contributed by atoms with Gasteiger partial charge in [-0.3, -0.25) is 9.78 Å². The zero-order chi connectivity index (χ0) is 22.3. The molecule has 1 amide bonds. The molecule has 0 bridgehead atoms. The molecule has 1 aromatic carbocycles. The third-order valence-corrected chi connectivity index (χ3v) is 4.32. The average Bonchev–Trinajstić information content (AvgIpc) is 2.73. The lowest BCUT2D eigenvalue weighted by atomic mass is 9.97. The maximum absolute atomic E-state index is 12.6. The number of carboxylic acids is 1. The van der Waals surface area contributed by atoms with Gasteiger partial charge in [-0.05, 0) is 47.4 Å². The number of hydrogen-bond acceptors (Lipinski definition) is 5. The van der Waals surface area contributed by atoms with E-state index in [0.717, 1.165) is 17.5 Å². The van der Waals surface area contributed by atoms with E-state index in [2.05, 4.69) is 11.1 Å². The molecule has 158 valence electrons. The summed E-state index contributed by atoms with van der Waals surface area (Å²) in [6.07, 6.45) is -0.619. The number of halogens is 3. The third kappa shape index (κ3) is 5.78. The third-order valence-electron chi connectivity index (χ3n) is 4.32. The number of fused-ring (bicyclic) bond motifs is 1. The van der Waals surface area contributed by atoms with Gasteiger partial charge in [0.15, 0.2) is 0 Å². The number of carbonyl (C=O) groups is 2. The number of amides is 1. The molecular weight excluding hydrogens is 403 g/mol. The summed E-state index contributed by atoms with van der Waals surface area (Å²) >= 11 is 0. The van der Waals surface area contributed by atoms with Crippen molar-refractivity contribution >= 4 is 11.9 Å². The Morgan fingerprint density at radius 3 is 2.43 bits per heavy atom. The fraction of sp³-hybridized carbons (Fsp3) is 0.300. The molecule has 0 aliphatic carbocycles. The highest BCUT2D eigenvalue weighted by Crippen LogP contribution is 2.23. The van der Waals surface area contributed by atoms with Crippen molar-refractivity contribution in [3.63, 3.8) is 0 Å². The van der Waals surface area contributed by atoms with Crippen LogP contribution in [0.2, 0.25) is 0 Å². The van der Waals surface area contributed by atoms with Gasteiger partial charge in [-0.2, -0.15) is 18.4 Å². The number of aliphatic carboxylic acids is 1. The summed E-state index contributed by atoms with van der Waals surface area (Å²) in [5, 5.41) is 16.0. The summed E-state index contributed by atoms with van der Waals surface area (Å²) in [7, 11) is 1.67. The lowest BCUT2D eigenvalue weighted by Crippen LogP contribution is -2.36. The second-order valence-corrected chi connectivity index (χ2v) is 6.34. The van der Waals surface area contributed by atoms with E-state index in [9.17, 15) is 18.0 Å². The van der Waals surface area contributed by atoms with E-state index in [1.165, 1.54) is 5.56 Å². The van der Waals surface area contributed by atoms with Crippen LogP contribution in [0.1, 0.15) is 32.6 Å². The minimum atomic E-state index is -5.08. The number of carboxylic acid groups (broad SMARTS) is 1. The molecule has 7 nitrogen and oxygen atoms in total. The lowest BCUT2D eigenvalue weighted by molar-refractivity contribution is -0.192. The van der Waals surface area contributed by atoms with Crippen molar-refractivity contribution in [2.75, 3.05) is 13.7 Å². The Labute approximate surface area is 170 Å². The normalized spacial score (nSPS) is 12.8. The van der Waals surface area contributed by atoms with Crippen molar-refractivity contribution in [3.8, 4) is 6.07 Å². The predicted octanol–water partition coefficient (Wildman–Crippen LogP) is 2.93. The van der Waals surface area contributed by atoms with Gasteiger partial charge in [0.2, 0.25) is 0 Å². The number of nitriles is 1. The molecule has 2 heterocycles. The number of nitrogens with zero attached hydrogens (tertiary/aromatic N) is 3. The van der Waals surface area contributed by atoms with Crippen LogP contribution < -0.4 is 0 Å². The second-order valence-electron chi connectivity index (χ2n) is 6.34. The zero-order valence-electron chi connectivity index (χ0n) is 15.9. The smallest absolute Gasteiger partial charge is 0.475 e. The number of alkyl halides is 3. The maximum Gasteiger partial charge on any atom is 0.490 e. The van der Waals surface area contributed by atoms with Gasteiger partial charge in [-0.1, -0.05) is 0 Å². The molecule has 30 heavy (non-hydrogen) atoms. The largest absolute Gasteiger partial charge is 0.490 e. The number of pyridine rings is 1. The standard InChI is InChI=1S/C18H17N3O2.C2HF3O2/c1-23-12-16-10-20-9-15-11-21(7-6-17(15)16)18(22)14-4-2-13(8-19)3-5-14;3-2(4,5)1(6)7/h2-5,9-10H,6-7,11-12H2,1H3;(H,6,7). The summed E-state index contributed by atoms with van der Waals surface area (Å²) in [6.45, 7) is 1.77. The number of carbonyl (C=O) groups excluding carboxylic acids is 1. The summed E-state index contributed by atoms with van der Waals surface area (Å²) in [4.78, 5) is 27.6. The summed E-state index contributed by atoms with van der Waals surface area (Å²) in [5.74, 6) is -2.77. The van der Waals surface area contributed by atoms with E-state index in [1.54, 1.807) is 31.4 Å². The van der Waals surface area contributed by atoms with Crippen LogP contribution in [0.5, 0.6) is 0 Å². The van der Waals surface area contributed by atoms with Crippen molar-refractivity contribution in [1.82, 2.24) is 9.88 Å². The molecule has 0 saturated heterocycles. The van der Waals surface area contributed by atoms with Gasteiger partial charge in [0.1, 0.15) is 0 Å². The van der Waals surface area contributed by atoms with Gasteiger partial charge in [0, 0.05) is 38.2 Å². The van der Waals surface area contributed by atoms with Crippen molar-refractivity contribution in [3.05, 3.63) is 64.5 Å². The highest BCUT2D eigenvalue weighted by molar-refractivity contribution is 5.94. The number of rotatable bonds is 3. The fourth-order valence-corrected chi connectivity index (χ4v) is 2.89. The van der Waals surface area contributed by atoms with Gasteiger partial charge in [0.05, 0.1) is 18.2 Å². The molecule has 1 aliphatic rings. The Bertz CT molecular complexity index is 953. The second kappa shape index (κ2) is 9.84. The Hall–Kier alpha value is -3.45. The number of methoxy groups -OCH3 is 1. The summed E-state index contributed by atoms with van der Waals surface area (Å²) < 4.78 is 36.9. The summed E-state index contributed by atoms with van der Waals surface area (Å²) in [6, 6.07) is 8.81. The molecule has 0 atom stereocenters. The molecule has 0 radical (unpaired) electrons. The Morgan fingerprint density at radius 2 is 1.90 bits per heavy atom. The number of hydrogen-bond donors (Lipinski definition) is 1. The van der Waals surface area contributed by atoms with E-state index in [-0.39, 0.29) is 5.91 Å². The van der Waals surface area contributed by atoms with Gasteiger partial charge in [-0.15, -0.1) is 0 Å². The van der Waals surface area contributed by atoms with Crippen molar-refractivity contribution in [2.24, 2.45) is 0 Å². The molecule has 0 unspecified atom stereocenters. The van der Waals surface area contributed by atoms with Gasteiger partial charge < -0.3 is 14.7 Å². The number of benzene rings is 1. The molecule has 10 heteroatoms. The number of aromatic nitrogens is 1. The fourth-order valence-electron chi connectivity index (χ4n) is 2.89. The topological polar surface area (TPSA) is 104 Å². The van der Waals surface area contributed by atoms with Crippen LogP contribution in [0.25, 0.3) is 0 Å². The minimum absolute atomic E-state index is 0.0164. The first kappa shape index (κ1) is 22.8. The molecule has 0 fully saturated rings. The molecule has 0 saturated carbocycles. The zero-order valence-corrected chi connectivity index (χ0v) is 15.9. The Balaban J connectivity index is 0.000000396. The van der Waals surface area contributed by atoms with E-state index >= 15 is 0 Å². The van der Waals surface area contributed by atoms with Gasteiger partial charge in [-0.25, -0.2) is 4.79 Å². The molecular formula is C20H18F3N3O4. The van der Waals surface area contributed by atoms with Crippen LogP contribution in [0.3, 0.4) is 0 Å². The molecule has 1 aliphatic heterocycles. The van der Waals surface area contributed by atoms with E-state index in [0.29, 0.717) is 30.8 Å². The van der Waals surface area contributed by atoms with E-state index in [4.69, 9.17) is 19.9 Å². The first-order chi connectivity index (χ1) is 14.2. The van der Waals surface area contributed by atoms with Crippen LogP contribution >= 0.6 is 0 Å². The van der Waals surface area contributed by atoms with Gasteiger partial charge >= 0.3 is 12.1 Å². The number of ether oxygens (including phenoxy) is 1. The van der Waals surface area contributed by atoms with Crippen LogP contribution in [0.4, 0.5) is 13.2 Å². The van der Waals surface area contributed by atoms with Crippen molar-refractivity contribution in [1.29, 1.82) is 5.26 Å². The first-order valence-corrected chi connectivity index (χ1v) is 8.70. The van der Waals surface area contributed by atoms with E-state index in [1.807, 2.05) is 17.3 Å². The van der Waals surface area contributed by atoms with Crippen LogP contribution in [0.15, 0.2) is 36.7 Å². The Morgan fingerprint density at radius 1 is 1.27 bits per heavy atom. The highest BCUT2D eigenvalue weighted by atomic mass is 19.4.